The number of benzene rings is 1. The van der Waals surface area contributed by atoms with Gasteiger partial charge in [0, 0.05) is 50.8 Å². The molecule has 1 aromatic rings. The third kappa shape index (κ3) is 6.13. The summed E-state index contributed by atoms with van der Waals surface area (Å²) < 4.78 is 46.3. The minimum Gasteiger partial charge on any atom is -0.381 e. The van der Waals surface area contributed by atoms with E-state index < -0.39 is 17.2 Å². The minimum atomic E-state index is -4.48. The van der Waals surface area contributed by atoms with Crippen LogP contribution in [-0.2, 0) is 35.2 Å². The lowest BCUT2D eigenvalue weighted by Gasteiger charge is -2.36. The molecule has 0 aromatic heterocycles. The highest BCUT2D eigenvalue weighted by atomic mass is 19.4. The second kappa shape index (κ2) is 10.8. The van der Waals surface area contributed by atoms with Gasteiger partial charge in [0.05, 0.1) is 12.1 Å². The average Bonchev–Trinajstić information content (AvgIpc) is 3.22. The molecule has 1 saturated carbocycles. The average molecular weight is 497 g/mol. The standard InChI is InChI=1S/C24H35F3N6O2/c1-23(7-3-20(13-23)30-19-5-9-35-10-6-19)22(34)33-8-4-21-16(14-29-32-31-28-2)11-18(24(25,26)27)12-17(21)15-33/h11-12,19-20,30H,3-10,13-15H2,1-2H3,(H,28,32)(H,29,31). The highest BCUT2D eigenvalue weighted by Crippen LogP contribution is 2.41. The molecular weight excluding hydrogens is 461 g/mol. The van der Waals surface area contributed by atoms with Crippen molar-refractivity contribution in [1.82, 2.24) is 21.2 Å². The number of nitrogens with one attached hydrogen (secondary N) is 3. The summed E-state index contributed by atoms with van der Waals surface area (Å²) in [7, 11) is 1.62. The summed E-state index contributed by atoms with van der Waals surface area (Å²) in [4.78, 5) is 15.3. The normalized spacial score (nSPS) is 25.7. The van der Waals surface area contributed by atoms with Crippen LogP contribution in [0.15, 0.2) is 22.5 Å². The number of amides is 1. The van der Waals surface area contributed by atoms with E-state index in [2.05, 4.69) is 26.6 Å². The third-order valence-electron chi connectivity index (χ3n) is 7.47. The van der Waals surface area contributed by atoms with Gasteiger partial charge in [-0.25, -0.2) is 11.0 Å². The molecule has 3 N–H and O–H groups in total. The second-order valence-electron chi connectivity index (χ2n) is 10.1. The summed E-state index contributed by atoms with van der Waals surface area (Å²) in [5, 5.41) is 11.3. The van der Waals surface area contributed by atoms with Crippen molar-refractivity contribution in [2.45, 2.75) is 76.8 Å². The number of alkyl halides is 3. The minimum absolute atomic E-state index is 0.0339. The van der Waals surface area contributed by atoms with Crippen LogP contribution in [0.25, 0.3) is 0 Å². The fraction of sp³-hybridized carbons (Fsp3) is 0.708. The molecule has 0 radical (unpaired) electrons. The lowest BCUT2D eigenvalue weighted by molar-refractivity contribution is -0.142. The summed E-state index contributed by atoms with van der Waals surface area (Å²) >= 11 is 0. The van der Waals surface area contributed by atoms with Crippen LogP contribution in [0.2, 0.25) is 0 Å². The van der Waals surface area contributed by atoms with E-state index in [1.807, 2.05) is 6.92 Å². The maximum absolute atomic E-state index is 13.6. The molecule has 3 aliphatic rings. The highest BCUT2D eigenvalue weighted by Gasteiger charge is 2.44. The first kappa shape index (κ1) is 25.8. The number of halogens is 3. The molecule has 8 nitrogen and oxygen atoms in total. The first-order valence-corrected chi connectivity index (χ1v) is 12.3. The van der Waals surface area contributed by atoms with E-state index >= 15 is 0 Å². The number of carbonyl (C=O) groups is 1. The molecule has 4 rings (SSSR count). The number of hydrazine groups is 1. The molecule has 2 heterocycles. The van der Waals surface area contributed by atoms with E-state index in [0.717, 1.165) is 56.9 Å². The largest absolute Gasteiger partial charge is 0.416 e. The van der Waals surface area contributed by atoms with Crippen LogP contribution < -0.4 is 16.3 Å². The smallest absolute Gasteiger partial charge is 0.381 e. The van der Waals surface area contributed by atoms with E-state index in [0.29, 0.717) is 30.1 Å². The quantitative estimate of drug-likeness (QED) is 0.397. The molecule has 1 aromatic carbocycles. The van der Waals surface area contributed by atoms with Gasteiger partial charge in [0.15, 0.2) is 0 Å². The van der Waals surface area contributed by atoms with Crippen LogP contribution in [0.3, 0.4) is 0 Å². The zero-order chi connectivity index (χ0) is 25.1. The molecule has 0 bridgehead atoms. The number of ether oxygens (including phenoxy) is 1. The Balaban J connectivity index is 1.47. The van der Waals surface area contributed by atoms with Gasteiger partial charge >= 0.3 is 6.18 Å². The second-order valence-corrected chi connectivity index (χ2v) is 10.1. The first-order chi connectivity index (χ1) is 16.7. The van der Waals surface area contributed by atoms with Crippen LogP contribution in [-0.4, -0.2) is 49.7 Å². The molecule has 1 aliphatic carbocycles. The summed E-state index contributed by atoms with van der Waals surface area (Å²) in [6, 6.07) is 3.05. The van der Waals surface area contributed by atoms with Crippen LogP contribution >= 0.6 is 0 Å². The topological polar surface area (TPSA) is 90.4 Å². The van der Waals surface area contributed by atoms with Crippen LogP contribution in [0.4, 0.5) is 13.2 Å². The maximum atomic E-state index is 13.6. The van der Waals surface area contributed by atoms with Crippen LogP contribution in [0.5, 0.6) is 0 Å². The van der Waals surface area contributed by atoms with E-state index in [-0.39, 0.29) is 25.0 Å². The van der Waals surface area contributed by atoms with E-state index in [4.69, 9.17) is 4.74 Å². The zero-order valence-corrected chi connectivity index (χ0v) is 20.4. The van der Waals surface area contributed by atoms with Gasteiger partial charge in [-0.1, -0.05) is 12.1 Å². The summed E-state index contributed by atoms with van der Waals surface area (Å²) in [5.74, 6) is 0.0382. The van der Waals surface area contributed by atoms with Crippen molar-refractivity contribution in [3.8, 4) is 0 Å². The van der Waals surface area contributed by atoms with Crippen molar-refractivity contribution in [3.63, 3.8) is 0 Å². The molecule has 1 amide bonds. The van der Waals surface area contributed by atoms with Crippen molar-refractivity contribution in [3.05, 3.63) is 34.4 Å². The van der Waals surface area contributed by atoms with Gasteiger partial charge in [0.1, 0.15) is 0 Å². The summed E-state index contributed by atoms with van der Waals surface area (Å²) in [5.41, 5.74) is 5.69. The SMILES string of the molecule is CNNN=NCc1cc(C(F)(F)F)cc2c1CCN(C(=O)C1(C)CCC(NC3CCOCC3)C1)C2. The Morgan fingerprint density at radius 3 is 2.71 bits per heavy atom. The van der Waals surface area contributed by atoms with Gasteiger partial charge in [-0.2, -0.15) is 18.3 Å². The maximum Gasteiger partial charge on any atom is 0.416 e. The summed E-state index contributed by atoms with van der Waals surface area (Å²) in [6.07, 6.45) is 0.456. The lowest BCUT2D eigenvalue weighted by atomic mass is 9.85. The Hall–Kier alpha value is -2.24. The van der Waals surface area contributed by atoms with E-state index in [1.165, 1.54) is 6.07 Å². The molecule has 2 atom stereocenters. The third-order valence-corrected chi connectivity index (χ3v) is 7.47. The highest BCUT2D eigenvalue weighted by molar-refractivity contribution is 5.83. The zero-order valence-electron chi connectivity index (χ0n) is 20.4. The lowest BCUT2D eigenvalue weighted by Crippen LogP contribution is -2.45. The molecule has 11 heteroatoms. The monoisotopic (exact) mass is 496 g/mol. The molecule has 35 heavy (non-hydrogen) atoms. The predicted molar refractivity (Wildman–Crippen MR) is 124 cm³/mol. The molecule has 194 valence electrons. The number of rotatable bonds is 7. The van der Waals surface area contributed by atoms with Gasteiger partial charge in [0.25, 0.3) is 0 Å². The molecule has 2 fully saturated rings. The van der Waals surface area contributed by atoms with E-state index in [9.17, 15) is 18.0 Å². The number of fused-ring (bicyclic) bond motifs is 1. The Kier molecular flexibility index (Phi) is 7.97. The number of hydrogen-bond donors (Lipinski definition) is 3. The molecule has 2 unspecified atom stereocenters. The van der Waals surface area contributed by atoms with Crippen molar-refractivity contribution in [2.75, 3.05) is 26.8 Å². The number of carbonyl (C=O) groups excluding carboxylic acids is 1. The van der Waals surface area contributed by atoms with Gasteiger partial charge in [-0.15, -0.1) is 0 Å². The number of hydrogen-bond acceptors (Lipinski definition) is 6. The van der Waals surface area contributed by atoms with Crippen LogP contribution in [0.1, 0.15) is 61.3 Å². The van der Waals surface area contributed by atoms with Crippen molar-refractivity contribution < 1.29 is 22.7 Å². The van der Waals surface area contributed by atoms with Crippen molar-refractivity contribution in [2.24, 2.45) is 15.8 Å². The molecular formula is C24H35F3N6O2. The molecule has 0 spiro atoms. The van der Waals surface area contributed by atoms with E-state index in [1.54, 1.807) is 11.9 Å². The Morgan fingerprint density at radius 2 is 2.00 bits per heavy atom. The molecule has 1 saturated heterocycles. The Morgan fingerprint density at radius 1 is 1.23 bits per heavy atom. The van der Waals surface area contributed by atoms with Gasteiger partial charge in [0.2, 0.25) is 5.91 Å². The van der Waals surface area contributed by atoms with Crippen molar-refractivity contribution in [1.29, 1.82) is 0 Å². The first-order valence-electron chi connectivity index (χ1n) is 12.3. The number of nitrogens with zero attached hydrogens (tertiary/aromatic N) is 3. The fourth-order valence-electron chi connectivity index (χ4n) is 5.62. The Bertz CT molecular complexity index is 935. The van der Waals surface area contributed by atoms with Gasteiger partial charge in [-0.3, -0.25) is 4.79 Å². The fourth-order valence-corrected chi connectivity index (χ4v) is 5.62. The Labute approximate surface area is 204 Å². The molecule has 2 aliphatic heterocycles. The predicted octanol–water partition coefficient (Wildman–Crippen LogP) is 3.51. The van der Waals surface area contributed by atoms with Crippen molar-refractivity contribution >= 4 is 5.91 Å². The van der Waals surface area contributed by atoms with Crippen LogP contribution in [0, 0.1) is 5.41 Å². The van der Waals surface area contributed by atoms with Gasteiger partial charge < -0.3 is 15.0 Å². The summed E-state index contributed by atoms with van der Waals surface area (Å²) in [6.45, 7) is 4.25. The van der Waals surface area contributed by atoms with Gasteiger partial charge in [-0.05, 0) is 67.3 Å².